The number of carbonyl (C=O) groups excluding carboxylic acids is 1. The molecule has 1 aromatic heterocycles. The van der Waals surface area contributed by atoms with Crippen molar-refractivity contribution in [1.82, 2.24) is 24.9 Å². The summed E-state index contributed by atoms with van der Waals surface area (Å²) >= 11 is 0. The quantitative estimate of drug-likeness (QED) is 0.911. The first kappa shape index (κ1) is 17.5. The molecule has 2 fully saturated rings. The zero-order valence-corrected chi connectivity index (χ0v) is 16.0. The van der Waals surface area contributed by atoms with Crippen LogP contribution in [0.2, 0.25) is 0 Å². The fourth-order valence-corrected chi connectivity index (χ4v) is 4.63. The number of fused-ring (bicyclic) bond motifs is 3. The second-order valence-corrected chi connectivity index (χ2v) is 7.93. The lowest BCUT2D eigenvalue weighted by Gasteiger charge is -2.50. The highest BCUT2D eigenvalue weighted by atomic mass is 16.2. The molecule has 2 aliphatic heterocycles. The summed E-state index contributed by atoms with van der Waals surface area (Å²) < 4.78 is 1.96. The van der Waals surface area contributed by atoms with E-state index in [0.717, 1.165) is 49.8 Å². The number of nitrogens with zero attached hydrogens (tertiary/aromatic N) is 4. The molecule has 2 saturated heterocycles. The lowest BCUT2D eigenvalue weighted by molar-refractivity contribution is 0.00837. The maximum absolute atomic E-state index is 13.0. The van der Waals surface area contributed by atoms with Crippen LogP contribution in [0.1, 0.15) is 36.7 Å². The average molecular weight is 355 g/mol. The molecule has 2 bridgehead atoms. The highest BCUT2D eigenvalue weighted by Crippen LogP contribution is 2.27. The Bertz CT molecular complexity index is 785. The van der Waals surface area contributed by atoms with Crippen molar-refractivity contribution in [3.8, 4) is 0 Å². The Morgan fingerprint density at radius 1 is 1.19 bits per heavy atom. The van der Waals surface area contributed by atoms with E-state index in [1.54, 1.807) is 0 Å². The maximum Gasteiger partial charge on any atom is 0.272 e. The Kier molecular flexibility index (Phi) is 4.71. The van der Waals surface area contributed by atoms with Gasteiger partial charge in [-0.15, -0.1) is 0 Å². The Hall–Kier alpha value is -1.92. The second kappa shape index (κ2) is 7.00. The van der Waals surface area contributed by atoms with Crippen LogP contribution in [0.15, 0.2) is 24.3 Å². The van der Waals surface area contributed by atoms with Gasteiger partial charge in [0, 0.05) is 43.1 Å². The third-order valence-electron chi connectivity index (χ3n) is 5.95. The topological polar surface area (TPSA) is 53.4 Å². The van der Waals surface area contributed by atoms with Crippen LogP contribution >= 0.6 is 0 Å². The van der Waals surface area contributed by atoms with E-state index in [0.29, 0.717) is 17.8 Å². The van der Waals surface area contributed by atoms with Gasteiger partial charge in [-0.25, -0.2) is 0 Å². The van der Waals surface area contributed by atoms with Gasteiger partial charge in [-0.05, 0) is 39.4 Å². The van der Waals surface area contributed by atoms with Crippen LogP contribution in [0.25, 0.3) is 10.9 Å². The maximum atomic E-state index is 13.0. The van der Waals surface area contributed by atoms with E-state index in [1.807, 2.05) is 28.9 Å². The van der Waals surface area contributed by atoms with Crippen molar-refractivity contribution in [1.29, 1.82) is 0 Å². The minimum atomic E-state index is -0.0305. The highest BCUT2D eigenvalue weighted by molar-refractivity contribution is 6.05. The van der Waals surface area contributed by atoms with Gasteiger partial charge in [0.2, 0.25) is 0 Å². The molecule has 1 amide bonds. The summed E-state index contributed by atoms with van der Waals surface area (Å²) in [4.78, 5) is 17.9. The first-order chi connectivity index (χ1) is 12.6. The molecule has 0 aliphatic carbocycles. The number of carbonyl (C=O) groups is 1. The van der Waals surface area contributed by atoms with Crippen molar-refractivity contribution in [3.05, 3.63) is 30.0 Å². The molecular weight excluding hydrogens is 326 g/mol. The van der Waals surface area contributed by atoms with Crippen LogP contribution in [0.5, 0.6) is 0 Å². The van der Waals surface area contributed by atoms with Gasteiger partial charge in [0.05, 0.1) is 5.52 Å². The predicted octanol–water partition coefficient (Wildman–Crippen LogP) is 1.95. The number of rotatable bonds is 4. The normalized spacial score (nSPS) is 27.0. The average Bonchev–Trinajstić information content (AvgIpc) is 2.96. The van der Waals surface area contributed by atoms with Crippen molar-refractivity contribution in [2.75, 3.05) is 27.2 Å². The van der Waals surface area contributed by atoms with Crippen molar-refractivity contribution < 1.29 is 4.79 Å². The Balaban J connectivity index is 1.53. The third kappa shape index (κ3) is 3.12. The summed E-state index contributed by atoms with van der Waals surface area (Å²) in [5.74, 6) is -0.0305. The Morgan fingerprint density at radius 2 is 1.88 bits per heavy atom. The smallest absolute Gasteiger partial charge is 0.272 e. The lowest BCUT2D eigenvalue weighted by atomic mass is 9.88. The summed E-state index contributed by atoms with van der Waals surface area (Å²) in [5.41, 5.74) is 1.61. The second-order valence-electron chi connectivity index (χ2n) is 7.93. The minimum absolute atomic E-state index is 0.0305. The first-order valence-corrected chi connectivity index (χ1v) is 9.73. The molecule has 0 spiro atoms. The summed E-state index contributed by atoms with van der Waals surface area (Å²) in [5, 5.41) is 8.87. The zero-order valence-electron chi connectivity index (χ0n) is 16.0. The van der Waals surface area contributed by atoms with Gasteiger partial charge in [-0.2, -0.15) is 5.10 Å². The molecule has 140 valence electrons. The predicted molar refractivity (Wildman–Crippen MR) is 103 cm³/mol. The zero-order chi connectivity index (χ0) is 18.3. The molecule has 3 heterocycles. The van der Waals surface area contributed by atoms with E-state index in [-0.39, 0.29) is 11.9 Å². The van der Waals surface area contributed by atoms with Crippen LogP contribution in [-0.4, -0.2) is 70.8 Å². The molecule has 2 aromatic rings. The number of likely N-dealkylation sites (N-methyl/N-ethyl adjacent to an activating group) is 2. The number of hydrogen-bond acceptors (Lipinski definition) is 4. The summed E-state index contributed by atoms with van der Waals surface area (Å²) in [6, 6.07) is 9.31. The SMILES string of the molecule is CCCn1nc(C(=O)NC2CC3CN(C)CC(C2)N3C)c2ccccc21. The van der Waals surface area contributed by atoms with E-state index < -0.39 is 0 Å². The number of likely N-dealkylation sites (tertiary alicyclic amines) is 1. The van der Waals surface area contributed by atoms with Crippen molar-refractivity contribution in [2.24, 2.45) is 0 Å². The van der Waals surface area contributed by atoms with Crippen molar-refractivity contribution in [3.63, 3.8) is 0 Å². The molecule has 0 saturated carbocycles. The van der Waals surface area contributed by atoms with Gasteiger partial charge in [0.25, 0.3) is 5.91 Å². The minimum Gasteiger partial charge on any atom is -0.348 e. The van der Waals surface area contributed by atoms with Gasteiger partial charge in [0.1, 0.15) is 0 Å². The van der Waals surface area contributed by atoms with E-state index in [4.69, 9.17) is 0 Å². The molecule has 1 N–H and O–H groups in total. The van der Waals surface area contributed by atoms with E-state index in [2.05, 4.69) is 41.2 Å². The molecule has 0 radical (unpaired) electrons. The number of aryl methyl sites for hydroxylation is 1. The Labute approximate surface area is 155 Å². The molecule has 1 aromatic carbocycles. The molecule has 2 unspecified atom stereocenters. The summed E-state index contributed by atoms with van der Waals surface area (Å²) in [6.07, 6.45) is 3.02. The van der Waals surface area contributed by atoms with Crippen LogP contribution in [0.4, 0.5) is 0 Å². The summed E-state index contributed by atoms with van der Waals surface area (Å²) in [7, 11) is 4.42. The standard InChI is InChI=1S/C20H29N5O/c1-4-9-25-18-8-6-5-7-17(18)19(22-25)20(26)21-14-10-15-12-23(2)13-16(11-14)24(15)3/h5-8,14-16H,4,9-13H2,1-3H3,(H,21,26). The fraction of sp³-hybridized carbons (Fsp3) is 0.600. The molecule has 26 heavy (non-hydrogen) atoms. The number of para-hydroxylation sites is 1. The number of benzene rings is 1. The van der Waals surface area contributed by atoms with Gasteiger partial charge >= 0.3 is 0 Å². The number of piperazine rings is 1. The number of nitrogens with one attached hydrogen (secondary N) is 1. The highest BCUT2D eigenvalue weighted by Gasteiger charge is 2.38. The van der Waals surface area contributed by atoms with E-state index >= 15 is 0 Å². The van der Waals surface area contributed by atoms with E-state index in [9.17, 15) is 4.79 Å². The summed E-state index contributed by atoms with van der Waals surface area (Å²) in [6.45, 7) is 5.11. The van der Waals surface area contributed by atoms with Crippen LogP contribution in [0, 0.1) is 0 Å². The molecule has 2 aliphatic rings. The van der Waals surface area contributed by atoms with Crippen molar-refractivity contribution in [2.45, 2.75) is 50.9 Å². The van der Waals surface area contributed by atoms with Crippen LogP contribution in [-0.2, 0) is 6.54 Å². The molecule has 2 atom stereocenters. The van der Waals surface area contributed by atoms with Gasteiger partial charge in [-0.3, -0.25) is 14.4 Å². The number of piperidine rings is 1. The van der Waals surface area contributed by atoms with Gasteiger partial charge in [-0.1, -0.05) is 25.1 Å². The molecule has 6 heteroatoms. The monoisotopic (exact) mass is 355 g/mol. The largest absolute Gasteiger partial charge is 0.348 e. The van der Waals surface area contributed by atoms with Crippen LogP contribution in [0.3, 0.4) is 0 Å². The fourth-order valence-electron chi connectivity index (χ4n) is 4.63. The van der Waals surface area contributed by atoms with Gasteiger partial charge < -0.3 is 10.2 Å². The van der Waals surface area contributed by atoms with Crippen molar-refractivity contribution >= 4 is 16.8 Å². The van der Waals surface area contributed by atoms with Crippen LogP contribution < -0.4 is 5.32 Å². The first-order valence-electron chi connectivity index (χ1n) is 9.73. The lowest BCUT2D eigenvalue weighted by Crippen LogP contribution is -2.63. The number of hydrogen-bond donors (Lipinski definition) is 1. The Morgan fingerprint density at radius 3 is 2.58 bits per heavy atom. The van der Waals surface area contributed by atoms with E-state index in [1.165, 1.54) is 0 Å². The molecular formula is C20H29N5O. The molecule has 6 nitrogen and oxygen atoms in total. The third-order valence-corrected chi connectivity index (χ3v) is 5.95. The number of amides is 1. The molecule has 4 rings (SSSR count). The van der Waals surface area contributed by atoms with Gasteiger partial charge in [0.15, 0.2) is 5.69 Å². The number of aromatic nitrogens is 2.